The lowest BCUT2D eigenvalue weighted by molar-refractivity contribution is 1.06. The summed E-state index contributed by atoms with van der Waals surface area (Å²) in [6.45, 7) is 2.16. The molecule has 100 valence electrons. The highest BCUT2D eigenvalue weighted by atomic mass is 15.2. The van der Waals surface area contributed by atoms with Crippen molar-refractivity contribution in [1.29, 1.82) is 0 Å². The summed E-state index contributed by atoms with van der Waals surface area (Å²) >= 11 is 0. The Labute approximate surface area is 118 Å². The van der Waals surface area contributed by atoms with E-state index in [1.807, 2.05) is 29.0 Å². The molecule has 1 N–H and O–H groups in total. The van der Waals surface area contributed by atoms with Gasteiger partial charge in [-0.15, -0.1) is 0 Å². The quantitative estimate of drug-likeness (QED) is 0.765. The molecule has 0 saturated heterocycles. The van der Waals surface area contributed by atoms with Crippen LogP contribution in [0.4, 0.5) is 11.6 Å². The fourth-order valence-corrected chi connectivity index (χ4v) is 2.15. The van der Waals surface area contributed by atoms with E-state index in [2.05, 4.69) is 53.6 Å². The predicted octanol–water partition coefficient (Wildman–Crippen LogP) is 4.18. The third kappa shape index (κ3) is 2.57. The summed E-state index contributed by atoms with van der Waals surface area (Å²) in [5, 5.41) is 3.35. The minimum atomic E-state index is 0.820. The number of hydrogen-bond acceptors (Lipinski definition) is 2. The molecule has 0 atom stereocenters. The predicted molar refractivity (Wildman–Crippen MR) is 82.7 cm³/mol. The molecule has 0 aliphatic rings. The van der Waals surface area contributed by atoms with Crippen LogP contribution < -0.4 is 5.32 Å². The van der Waals surface area contributed by atoms with Crippen LogP contribution in [0.15, 0.2) is 67.0 Å². The molecule has 3 nitrogen and oxygen atoms in total. The van der Waals surface area contributed by atoms with Gasteiger partial charge in [0.05, 0.1) is 0 Å². The first kappa shape index (κ1) is 12.5. The van der Waals surface area contributed by atoms with Gasteiger partial charge < -0.3 is 5.32 Å². The molecule has 1 heterocycles. The second kappa shape index (κ2) is 5.61. The van der Waals surface area contributed by atoms with Crippen molar-refractivity contribution in [2.45, 2.75) is 13.3 Å². The summed E-state index contributed by atoms with van der Waals surface area (Å²) in [6, 6.07) is 18.6. The molecule has 2 aromatic carbocycles. The third-order valence-corrected chi connectivity index (χ3v) is 3.29. The van der Waals surface area contributed by atoms with E-state index in [9.17, 15) is 0 Å². The van der Waals surface area contributed by atoms with Crippen molar-refractivity contribution in [3.05, 3.63) is 72.6 Å². The number of rotatable bonds is 4. The lowest BCUT2D eigenvalue weighted by Crippen LogP contribution is -2.00. The van der Waals surface area contributed by atoms with Gasteiger partial charge in [-0.1, -0.05) is 37.3 Å². The molecule has 3 heteroatoms. The monoisotopic (exact) mass is 263 g/mol. The number of imidazole rings is 1. The highest BCUT2D eigenvalue weighted by molar-refractivity contribution is 5.56. The van der Waals surface area contributed by atoms with Crippen molar-refractivity contribution >= 4 is 11.6 Å². The maximum absolute atomic E-state index is 4.38. The summed E-state index contributed by atoms with van der Waals surface area (Å²) in [4.78, 5) is 4.38. The summed E-state index contributed by atoms with van der Waals surface area (Å²) in [7, 11) is 0. The highest BCUT2D eigenvalue weighted by Crippen LogP contribution is 2.19. The van der Waals surface area contributed by atoms with Crippen molar-refractivity contribution < 1.29 is 0 Å². The van der Waals surface area contributed by atoms with E-state index < -0.39 is 0 Å². The van der Waals surface area contributed by atoms with Gasteiger partial charge in [0.15, 0.2) is 0 Å². The van der Waals surface area contributed by atoms with Gasteiger partial charge in [0.25, 0.3) is 0 Å². The molecule has 3 aromatic rings. The molecule has 0 aliphatic carbocycles. The molecule has 0 aliphatic heterocycles. The van der Waals surface area contributed by atoms with E-state index >= 15 is 0 Å². The SMILES string of the molecule is CCc1ccc(Nc2nccn2-c2ccccc2)cc1. The average molecular weight is 263 g/mol. The van der Waals surface area contributed by atoms with E-state index in [-0.39, 0.29) is 0 Å². The zero-order chi connectivity index (χ0) is 13.8. The fourth-order valence-electron chi connectivity index (χ4n) is 2.15. The van der Waals surface area contributed by atoms with Crippen LogP contribution in [0.3, 0.4) is 0 Å². The number of benzene rings is 2. The minimum absolute atomic E-state index is 0.820. The lowest BCUT2D eigenvalue weighted by Gasteiger charge is -2.10. The summed E-state index contributed by atoms with van der Waals surface area (Å²) < 4.78 is 2.04. The van der Waals surface area contributed by atoms with Crippen LogP contribution >= 0.6 is 0 Å². The fraction of sp³-hybridized carbons (Fsp3) is 0.118. The molecular weight excluding hydrogens is 246 g/mol. The third-order valence-electron chi connectivity index (χ3n) is 3.29. The molecular formula is C17H17N3. The molecule has 1 aromatic heterocycles. The van der Waals surface area contributed by atoms with Gasteiger partial charge in [0.1, 0.15) is 0 Å². The second-order valence-electron chi connectivity index (χ2n) is 4.63. The average Bonchev–Trinajstić information content (AvgIpc) is 2.97. The molecule has 20 heavy (non-hydrogen) atoms. The van der Waals surface area contributed by atoms with Crippen molar-refractivity contribution in [2.75, 3.05) is 5.32 Å². The highest BCUT2D eigenvalue weighted by Gasteiger charge is 2.04. The zero-order valence-corrected chi connectivity index (χ0v) is 11.5. The van der Waals surface area contributed by atoms with Crippen LogP contribution in [0.25, 0.3) is 5.69 Å². The molecule has 0 radical (unpaired) electrons. The molecule has 3 rings (SSSR count). The number of nitrogens with zero attached hydrogens (tertiary/aromatic N) is 2. The maximum atomic E-state index is 4.38. The van der Waals surface area contributed by atoms with Gasteiger partial charge in [0.2, 0.25) is 5.95 Å². The van der Waals surface area contributed by atoms with E-state index in [0.29, 0.717) is 0 Å². The first-order valence-corrected chi connectivity index (χ1v) is 6.81. The van der Waals surface area contributed by atoms with Crippen LogP contribution in [0.5, 0.6) is 0 Å². The maximum Gasteiger partial charge on any atom is 0.211 e. The van der Waals surface area contributed by atoms with Crippen molar-refractivity contribution in [3.63, 3.8) is 0 Å². The Kier molecular flexibility index (Phi) is 3.50. The van der Waals surface area contributed by atoms with Crippen molar-refractivity contribution in [3.8, 4) is 5.69 Å². The van der Waals surface area contributed by atoms with Crippen LogP contribution in [0.1, 0.15) is 12.5 Å². The molecule has 0 saturated carbocycles. The van der Waals surface area contributed by atoms with Gasteiger partial charge in [-0.05, 0) is 36.2 Å². The molecule has 0 bridgehead atoms. The Balaban J connectivity index is 1.86. The van der Waals surface area contributed by atoms with Gasteiger partial charge in [-0.3, -0.25) is 4.57 Å². The number of aromatic nitrogens is 2. The number of aryl methyl sites for hydroxylation is 1. The smallest absolute Gasteiger partial charge is 0.211 e. The normalized spacial score (nSPS) is 10.4. The number of para-hydroxylation sites is 1. The first-order valence-electron chi connectivity index (χ1n) is 6.81. The van der Waals surface area contributed by atoms with E-state index in [1.54, 1.807) is 6.20 Å². The Morgan fingerprint density at radius 3 is 2.45 bits per heavy atom. The Morgan fingerprint density at radius 1 is 1.00 bits per heavy atom. The number of hydrogen-bond donors (Lipinski definition) is 1. The largest absolute Gasteiger partial charge is 0.325 e. The Bertz CT molecular complexity index is 669. The minimum Gasteiger partial charge on any atom is -0.325 e. The van der Waals surface area contributed by atoms with Crippen LogP contribution in [0, 0.1) is 0 Å². The summed E-state index contributed by atoms with van der Waals surface area (Å²) in [6.07, 6.45) is 4.81. The summed E-state index contributed by atoms with van der Waals surface area (Å²) in [5.74, 6) is 0.820. The first-order chi connectivity index (χ1) is 9.86. The second-order valence-corrected chi connectivity index (χ2v) is 4.63. The number of anilines is 2. The van der Waals surface area contributed by atoms with Crippen LogP contribution in [-0.4, -0.2) is 9.55 Å². The Morgan fingerprint density at radius 2 is 1.75 bits per heavy atom. The van der Waals surface area contributed by atoms with E-state index in [0.717, 1.165) is 23.7 Å². The van der Waals surface area contributed by atoms with Crippen molar-refractivity contribution in [2.24, 2.45) is 0 Å². The van der Waals surface area contributed by atoms with Gasteiger partial charge in [-0.25, -0.2) is 4.98 Å². The lowest BCUT2D eigenvalue weighted by atomic mass is 10.1. The zero-order valence-electron chi connectivity index (χ0n) is 11.5. The van der Waals surface area contributed by atoms with Gasteiger partial charge in [0, 0.05) is 23.8 Å². The molecule has 0 amide bonds. The molecule has 0 fully saturated rings. The Hall–Kier alpha value is -2.55. The topological polar surface area (TPSA) is 29.9 Å². The standard InChI is InChI=1S/C17H17N3/c1-2-14-8-10-15(11-9-14)19-17-18-12-13-20(17)16-6-4-3-5-7-16/h3-13H,2H2,1H3,(H,18,19). The van der Waals surface area contributed by atoms with Crippen LogP contribution in [0.2, 0.25) is 0 Å². The van der Waals surface area contributed by atoms with Gasteiger partial charge >= 0.3 is 0 Å². The van der Waals surface area contributed by atoms with Gasteiger partial charge in [-0.2, -0.15) is 0 Å². The van der Waals surface area contributed by atoms with Crippen LogP contribution in [-0.2, 0) is 6.42 Å². The number of nitrogens with one attached hydrogen (secondary N) is 1. The van der Waals surface area contributed by atoms with E-state index in [1.165, 1.54) is 5.56 Å². The van der Waals surface area contributed by atoms with E-state index in [4.69, 9.17) is 0 Å². The van der Waals surface area contributed by atoms with Crippen molar-refractivity contribution in [1.82, 2.24) is 9.55 Å². The molecule has 0 unspecified atom stereocenters. The molecule has 0 spiro atoms. The summed E-state index contributed by atoms with van der Waals surface area (Å²) in [5.41, 5.74) is 3.48.